The maximum atomic E-state index is 4.15. The number of halogens is 1. The molecule has 2 nitrogen and oxygen atoms in total. The Bertz CT molecular complexity index is 434. The van der Waals surface area contributed by atoms with Gasteiger partial charge in [0.1, 0.15) is 0 Å². The van der Waals surface area contributed by atoms with Crippen LogP contribution in [0.15, 0.2) is 41.3 Å². The predicted octanol–water partition coefficient (Wildman–Crippen LogP) is 3.33. The van der Waals surface area contributed by atoms with E-state index in [0.29, 0.717) is 0 Å². The molecule has 1 heterocycles. The van der Waals surface area contributed by atoms with Crippen LogP contribution in [0.4, 0.5) is 0 Å². The molecule has 0 atom stereocenters. The quantitative estimate of drug-likeness (QED) is 0.800. The molecule has 3 heteroatoms. The predicted molar refractivity (Wildman–Crippen MR) is 61.0 cm³/mol. The van der Waals surface area contributed by atoms with Crippen LogP contribution in [0.2, 0.25) is 0 Å². The summed E-state index contributed by atoms with van der Waals surface area (Å²) in [6.45, 7) is 3.06. The zero-order valence-electron chi connectivity index (χ0n) is 7.94. The Labute approximate surface area is 91.7 Å². The Balaban J connectivity index is 2.49. The Hall–Kier alpha value is -1.09. The summed E-state index contributed by atoms with van der Waals surface area (Å²) >= 11 is 3.46. The summed E-state index contributed by atoms with van der Waals surface area (Å²) < 4.78 is 3.22. The SMILES string of the molecule is CCn1cncc1-c1cccc(Br)c1. The molecule has 0 saturated carbocycles. The summed E-state index contributed by atoms with van der Waals surface area (Å²) in [5, 5.41) is 0. The third kappa shape index (κ3) is 1.73. The topological polar surface area (TPSA) is 17.8 Å². The molecule has 0 radical (unpaired) electrons. The summed E-state index contributed by atoms with van der Waals surface area (Å²) in [6, 6.07) is 8.25. The molecule has 2 rings (SSSR count). The van der Waals surface area contributed by atoms with Gasteiger partial charge in [-0.15, -0.1) is 0 Å². The molecule has 2 aromatic rings. The highest BCUT2D eigenvalue weighted by Gasteiger charge is 2.03. The highest BCUT2D eigenvalue weighted by atomic mass is 79.9. The van der Waals surface area contributed by atoms with E-state index in [0.717, 1.165) is 16.7 Å². The smallest absolute Gasteiger partial charge is 0.0950 e. The number of hydrogen-bond acceptors (Lipinski definition) is 1. The molecule has 14 heavy (non-hydrogen) atoms. The minimum Gasteiger partial charge on any atom is -0.331 e. The summed E-state index contributed by atoms with van der Waals surface area (Å²) in [5.74, 6) is 0. The first-order chi connectivity index (χ1) is 6.81. The van der Waals surface area contributed by atoms with Gasteiger partial charge in [0.05, 0.1) is 18.2 Å². The van der Waals surface area contributed by atoms with Crippen LogP contribution in [0, 0.1) is 0 Å². The van der Waals surface area contributed by atoms with Gasteiger partial charge in [0, 0.05) is 16.6 Å². The molecule has 0 amide bonds. The van der Waals surface area contributed by atoms with Gasteiger partial charge in [0.25, 0.3) is 0 Å². The van der Waals surface area contributed by atoms with E-state index in [1.165, 1.54) is 5.56 Å². The van der Waals surface area contributed by atoms with Gasteiger partial charge < -0.3 is 4.57 Å². The van der Waals surface area contributed by atoms with E-state index in [1.54, 1.807) is 0 Å². The monoisotopic (exact) mass is 250 g/mol. The van der Waals surface area contributed by atoms with Crippen LogP contribution in [0.1, 0.15) is 6.92 Å². The van der Waals surface area contributed by atoms with E-state index < -0.39 is 0 Å². The van der Waals surface area contributed by atoms with Crippen LogP contribution in [0.5, 0.6) is 0 Å². The lowest BCUT2D eigenvalue weighted by Crippen LogP contribution is -1.94. The van der Waals surface area contributed by atoms with Crippen molar-refractivity contribution < 1.29 is 0 Å². The van der Waals surface area contributed by atoms with E-state index in [-0.39, 0.29) is 0 Å². The molecule has 0 spiro atoms. The summed E-state index contributed by atoms with van der Waals surface area (Å²) in [6.07, 6.45) is 3.75. The van der Waals surface area contributed by atoms with Crippen molar-refractivity contribution in [1.82, 2.24) is 9.55 Å². The summed E-state index contributed by atoms with van der Waals surface area (Å²) in [5.41, 5.74) is 2.35. The molecule has 0 bridgehead atoms. The number of benzene rings is 1. The lowest BCUT2D eigenvalue weighted by molar-refractivity contribution is 0.769. The molecular formula is C11H11BrN2. The van der Waals surface area contributed by atoms with E-state index in [1.807, 2.05) is 24.7 Å². The summed E-state index contributed by atoms with van der Waals surface area (Å²) in [4.78, 5) is 4.15. The van der Waals surface area contributed by atoms with Gasteiger partial charge in [-0.3, -0.25) is 0 Å². The van der Waals surface area contributed by atoms with Crippen molar-refractivity contribution in [2.24, 2.45) is 0 Å². The molecule has 0 fully saturated rings. The number of aromatic nitrogens is 2. The maximum absolute atomic E-state index is 4.15. The van der Waals surface area contributed by atoms with Gasteiger partial charge in [0.2, 0.25) is 0 Å². The first kappa shape index (κ1) is 9.46. The van der Waals surface area contributed by atoms with E-state index in [4.69, 9.17) is 0 Å². The zero-order chi connectivity index (χ0) is 9.97. The van der Waals surface area contributed by atoms with Crippen LogP contribution >= 0.6 is 15.9 Å². The van der Waals surface area contributed by atoms with Crippen molar-refractivity contribution in [2.75, 3.05) is 0 Å². The number of hydrogen-bond donors (Lipinski definition) is 0. The van der Waals surface area contributed by atoms with Crippen molar-refractivity contribution in [3.63, 3.8) is 0 Å². The fraction of sp³-hybridized carbons (Fsp3) is 0.182. The third-order valence-electron chi connectivity index (χ3n) is 2.17. The molecule has 0 aliphatic rings. The number of imidazole rings is 1. The Kier molecular flexibility index (Phi) is 2.68. The highest BCUT2D eigenvalue weighted by molar-refractivity contribution is 9.10. The van der Waals surface area contributed by atoms with Gasteiger partial charge in [0.15, 0.2) is 0 Å². The third-order valence-corrected chi connectivity index (χ3v) is 2.67. The van der Waals surface area contributed by atoms with Crippen LogP contribution in [0.3, 0.4) is 0 Å². The van der Waals surface area contributed by atoms with E-state index >= 15 is 0 Å². The number of rotatable bonds is 2. The van der Waals surface area contributed by atoms with Crippen LogP contribution in [-0.2, 0) is 6.54 Å². The van der Waals surface area contributed by atoms with Crippen LogP contribution in [0.25, 0.3) is 11.3 Å². The van der Waals surface area contributed by atoms with Crippen molar-refractivity contribution >= 4 is 15.9 Å². The number of aryl methyl sites for hydroxylation is 1. The van der Waals surface area contributed by atoms with Crippen molar-refractivity contribution in [2.45, 2.75) is 13.5 Å². The van der Waals surface area contributed by atoms with Gasteiger partial charge in [-0.2, -0.15) is 0 Å². The molecule has 1 aromatic heterocycles. The standard InChI is InChI=1S/C11H11BrN2/c1-2-14-8-13-7-11(14)9-4-3-5-10(12)6-9/h3-8H,2H2,1H3. The second-order valence-corrected chi connectivity index (χ2v) is 3.99. The normalized spacial score (nSPS) is 10.4. The second kappa shape index (κ2) is 3.96. The van der Waals surface area contributed by atoms with Crippen molar-refractivity contribution in [3.05, 3.63) is 41.3 Å². The van der Waals surface area contributed by atoms with Gasteiger partial charge in [-0.1, -0.05) is 28.1 Å². The average molecular weight is 251 g/mol. The minimum atomic E-state index is 0.946. The van der Waals surface area contributed by atoms with Crippen LogP contribution in [-0.4, -0.2) is 9.55 Å². The fourth-order valence-corrected chi connectivity index (χ4v) is 1.86. The molecule has 72 valence electrons. The molecular weight excluding hydrogens is 240 g/mol. The van der Waals surface area contributed by atoms with E-state index in [2.05, 4.69) is 44.5 Å². The number of nitrogens with zero attached hydrogens (tertiary/aromatic N) is 2. The van der Waals surface area contributed by atoms with E-state index in [9.17, 15) is 0 Å². The van der Waals surface area contributed by atoms with Crippen molar-refractivity contribution in [1.29, 1.82) is 0 Å². The molecule has 0 aliphatic carbocycles. The largest absolute Gasteiger partial charge is 0.331 e. The highest BCUT2D eigenvalue weighted by Crippen LogP contribution is 2.22. The maximum Gasteiger partial charge on any atom is 0.0950 e. The Morgan fingerprint density at radius 2 is 2.29 bits per heavy atom. The second-order valence-electron chi connectivity index (χ2n) is 3.08. The zero-order valence-corrected chi connectivity index (χ0v) is 9.53. The van der Waals surface area contributed by atoms with Gasteiger partial charge in [-0.05, 0) is 19.1 Å². The summed E-state index contributed by atoms with van der Waals surface area (Å²) in [7, 11) is 0. The van der Waals surface area contributed by atoms with Gasteiger partial charge in [-0.25, -0.2) is 4.98 Å². The lowest BCUT2D eigenvalue weighted by Gasteiger charge is -2.04. The molecule has 0 N–H and O–H groups in total. The molecule has 0 unspecified atom stereocenters. The molecule has 0 saturated heterocycles. The first-order valence-corrected chi connectivity index (χ1v) is 5.36. The molecule has 1 aromatic carbocycles. The minimum absolute atomic E-state index is 0.946. The Morgan fingerprint density at radius 3 is 3.00 bits per heavy atom. The van der Waals surface area contributed by atoms with Gasteiger partial charge >= 0.3 is 0 Å². The first-order valence-electron chi connectivity index (χ1n) is 4.57. The van der Waals surface area contributed by atoms with Crippen molar-refractivity contribution in [3.8, 4) is 11.3 Å². The average Bonchev–Trinajstić information content (AvgIpc) is 2.65. The lowest BCUT2D eigenvalue weighted by atomic mass is 10.2. The Morgan fingerprint density at radius 1 is 1.43 bits per heavy atom. The fourth-order valence-electron chi connectivity index (χ4n) is 1.46. The molecule has 0 aliphatic heterocycles. The van der Waals surface area contributed by atoms with Crippen LogP contribution < -0.4 is 0 Å².